The lowest BCUT2D eigenvalue weighted by Crippen LogP contribution is -2.46. The Morgan fingerprint density at radius 1 is 1.17 bits per heavy atom. The lowest BCUT2D eigenvalue weighted by atomic mass is 9.87. The van der Waals surface area contributed by atoms with Crippen molar-refractivity contribution in [2.24, 2.45) is 0 Å². The van der Waals surface area contributed by atoms with E-state index in [-0.39, 0.29) is 17.2 Å². The number of hydrogen-bond donors (Lipinski definition) is 0. The Morgan fingerprint density at radius 2 is 1.88 bits per heavy atom. The van der Waals surface area contributed by atoms with Crippen molar-refractivity contribution in [1.82, 2.24) is 9.80 Å². The van der Waals surface area contributed by atoms with Crippen LogP contribution in [-0.4, -0.2) is 54.5 Å². The first-order valence-electron chi connectivity index (χ1n) is 8.74. The smallest absolute Gasteiger partial charge is 0.252 e. The Labute approximate surface area is 142 Å². The van der Waals surface area contributed by atoms with Gasteiger partial charge >= 0.3 is 0 Å². The van der Waals surface area contributed by atoms with Crippen LogP contribution in [0, 0.1) is 0 Å². The first-order valence-corrected chi connectivity index (χ1v) is 8.74. The van der Waals surface area contributed by atoms with Gasteiger partial charge in [-0.2, -0.15) is 0 Å². The van der Waals surface area contributed by atoms with Gasteiger partial charge in [0.2, 0.25) is 0 Å². The third kappa shape index (κ3) is 2.51. The second kappa shape index (κ2) is 5.59. The second-order valence-corrected chi connectivity index (χ2v) is 7.56. The highest BCUT2D eigenvalue weighted by molar-refractivity contribution is 5.85. The standard InChI is InChI=1S/C19H24N2O3/c1-20(2)17(22)15-7-8-16(24-15)18(23)21-11-13-5-3-4-6-14(13)19(12-21)9-10-19/h3-6,15-16H,7-12H2,1-2H3/t15-,16+/m1/s1. The number of carbonyl (C=O) groups excluding carboxylic acids is 2. The summed E-state index contributed by atoms with van der Waals surface area (Å²) in [4.78, 5) is 28.5. The summed E-state index contributed by atoms with van der Waals surface area (Å²) in [6, 6.07) is 8.47. The van der Waals surface area contributed by atoms with Crippen LogP contribution >= 0.6 is 0 Å². The van der Waals surface area contributed by atoms with Crippen molar-refractivity contribution in [3.8, 4) is 0 Å². The van der Waals surface area contributed by atoms with E-state index in [2.05, 4.69) is 18.2 Å². The monoisotopic (exact) mass is 328 g/mol. The maximum absolute atomic E-state index is 12.9. The number of benzene rings is 1. The van der Waals surface area contributed by atoms with Gasteiger partial charge in [-0.3, -0.25) is 9.59 Å². The first kappa shape index (κ1) is 15.6. The van der Waals surface area contributed by atoms with E-state index in [1.54, 1.807) is 14.1 Å². The van der Waals surface area contributed by atoms with Gasteiger partial charge in [-0.15, -0.1) is 0 Å². The molecule has 4 rings (SSSR count). The minimum Gasteiger partial charge on any atom is -0.355 e. The SMILES string of the molecule is CN(C)C(=O)[C@H]1CC[C@@H](C(=O)N2Cc3ccccc3C3(CC3)C2)O1. The highest BCUT2D eigenvalue weighted by atomic mass is 16.5. The fourth-order valence-electron chi connectivity index (χ4n) is 4.11. The van der Waals surface area contributed by atoms with E-state index in [0.717, 1.165) is 19.4 Å². The van der Waals surface area contributed by atoms with Gasteiger partial charge in [-0.1, -0.05) is 24.3 Å². The molecule has 5 heteroatoms. The Balaban J connectivity index is 1.48. The van der Waals surface area contributed by atoms with Crippen LogP contribution in [-0.2, 0) is 26.3 Å². The molecular weight excluding hydrogens is 304 g/mol. The molecule has 3 aliphatic rings. The zero-order valence-electron chi connectivity index (χ0n) is 14.3. The van der Waals surface area contributed by atoms with Crippen LogP contribution in [0.3, 0.4) is 0 Å². The third-order valence-corrected chi connectivity index (χ3v) is 5.62. The zero-order chi connectivity index (χ0) is 16.9. The molecule has 1 saturated heterocycles. The number of carbonyl (C=O) groups is 2. The van der Waals surface area contributed by atoms with Gasteiger partial charge in [-0.05, 0) is 36.8 Å². The largest absolute Gasteiger partial charge is 0.355 e. The summed E-state index contributed by atoms with van der Waals surface area (Å²) in [5, 5.41) is 0. The Hall–Kier alpha value is -1.88. The van der Waals surface area contributed by atoms with Crippen molar-refractivity contribution in [1.29, 1.82) is 0 Å². The molecule has 0 N–H and O–H groups in total. The molecule has 2 heterocycles. The summed E-state index contributed by atoms with van der Waals surface area (Å²) in [5.41, 5.74) is 2.85. The predicted molar refractivity (Wildman–Crippen MR) is 89.4 cm³/mol. The molecule has 0 bridgehead atoms. The molecule has 2 amide bonds. The molecule has 1 aromatic rings. The molecule has 0 aromatic heterocycles. The molecule has 1 spiro atoms. The van der Waals surface area contributed by atoms with E-state index in [1.807, 2.05) is 11.0 Å². The van der Waals surface area contributed by atoms with Crippen molar-refractivity contribution in [2.45, 2.75) is 49.9 Å². The second-order valence-electron chi connectivity index (χ2n) is 7.56. The summed E-state index contributed by atoms with van der Waals surface area (Å²) in [6.07, 6.45) is 2.63. The molecule has 24 heavy (non-hydrogen) atoms. The normalized spacial score (nSPS) is 27.0. The molecular formula is C19H24N2O3. The van der Waals surface area contributed by atoms with Crippen molar-refractivity contribution < 1.29 is 14.3 Å². The number of nitrogens with zero attached hydrogens (tertiary/aromatic N) is 2. The van der Waals surface area contributed by atoms with E-state index < -0.39 is 12.2 Å². The van der Waals surface area contributed by atoms with E-state index in [4.69, 9.17) is 4.74 Å². The van der Waals surface area contributed by atoms with Crippen molar-refractivity contribution in [3.63, 3.8) is 0 Å². The van der Waals surface area contributed by atoms with Gasteiger partial charge in [-0.25, -0.2) is 0 Å². The molecule has 1 aliphatic carbocycles. The lowest BCUT2D eigenvalue weighted by molar-refractivity contribution is -0.150. The van der Waals surface area contributed by atoms with Crippen molar-refractivity contribution >= 4 is 11.8 Å². The maximum atomic E-state index is 12.9. The number of fused-ring (bicyclic) bond motifs is 2. The average Bonchev–Trinajstić information content (AvgIpc) is 3.17. The molecule has 0 radical (unpaired) electrons. The molecule has 5 nitrogen and oxygen atoms in total. The van der Waals surface area contributed by atoms with Crippen LogP contribution in [0.2, 0.25) is 0 Å². The number of rotatable bonds is 2. The summed E-state index contributed by atoms with van der Waals surface area (Å²) < 4.78 is 5.79. The zero-order valence-corrected chi connectivity index (χ0v) is 14.3. The van der Waals surface area contributed by atoms with Crippen LogP contribution in [0.15, 0.2) is 24.3 Å². The molecule has 2 atom stereocenters. The Bertz CT molecular complexity index is 681. The van der Waals surface area contributed by atoms with E-state index in [9.17, 15) is 9.59 Å². The van der Waals surface area contributed by atoms with E-state index in [0.29, 0.717) is 19.4 Å². The molecule has 1 aromatic carbocycles. The quantitative estimate of drug-likeness (QED) is 0.830. The van der Waals surface area contributed by atoms with Crippen LogP contribution in [0.5, 0.6) is 0 Å². The molecule has 128 valence electrons. The minimum absolute atomic E-state index is 0.0461. The molecule has 2 aliphatic heterocycles. The van der Waals surface area contributed by atoms with Gasteiger partial charge in [0.05, 0.1) is 0 Å². The number of ether oxygens (including phenoxy) is 1. The van der Waals surface area contributed by atoms with Crippen molar-refractivity contribution in [3.05, 3.63) is 35.4 Å². The first-order chi connectivity index (χ1) is 11.5. The summed E-state index contributed by atoms with van der Waals surface area (Å²) in [5.74, 6) is -0.00205. The van der Waals surface area contributed by atoms with Crippen LogP contribution < -0.4 is 0 Å². The summed E-state index contributed by atoms with van der Waals surface area (Å²) >= 11 is 0. The number of likely N-dealkylation sites (N-methyl/N-ethyl adjacent to an activating group) is 1. The van der Waals surface area contributed by atoms with E-state index in [1.165, 1.54) is 16.0 Å². The summed E-state index contributed by atoms with van der Waals surface area (Å²) in [6.45, 7) is 1.44. The van der Waals surface area contributed by atoms with Gasteiger partial charge in [0.1, 0.15) is 12.2 Å². The van der Waals surface area contributed by atoms with E-state index >= 15 is 0 Å². The fraction of sp³-hybridized carbons (Fsp3) is 0.579. The van der Waals surface area contributed by atoms with Gasteiger partial charge < -0.3 is 14.5 Å². The Kier molecular flexibility index (Phi) is 3.64. The van der Waals surface area contributed by atoms with Crippen LogP contribution in [0.1, 0.15) is 36.8 Å². The maximum Gasteiger partial charge on any atom is 0.252 e. The summed E-state index contributed by atoms with van der Waals surface area (Å²) in [7, 11) is 3.44. The Morgan fingerprint density at radius 3 is 2.58 bits per heavy atom. The number of amides is 2. The van der Waals surface area contributed by atoms with Gasteiger partial charge in [0.25, 0.3) is 11.8 Å². The highest BCUT2D eigenvalue weighted by Crippen LogP contribution is 2.52. The third-order valence-electron chi connectivity index (χ3n) is 5.62. The van der Waals surface area contributed by atoms with Gasteiger partial charge in [0.15, 0.2) is 0 Å². The van der Waals surface area contributed by atoms with Crippen LogP contribution in [0.4, 0.5) is 0 Å². The lowest BCUT2D eigenvalue weighted by Gasteiger charge is -2.36. The average molecular weight is 328 g/mol. The minimum atomic E-state index is -0.472. The number of hydrogen-bond acceptors (Lipinski definition) is 3. The van der Waals surface area contributed by atoms with Crippen LogP contribution in [0.25, 0.3) is 0 Å². The predicted octanol–water partition coefficient (Wildman–Crippen LogP) is 1.70. The fourth-order valence-corrected chi connectivity index (χ4v) is 4.11. The van der Waals surface area contributed by atoms with Gasteiger partial charge in [0, 0.05) is 32.6 Å². The molecule has 2 fully saturated rings. The highest BCUT2D eigenvalue weighted by Gasteiger charge is 2.51. The molecule has 1 saturated carbocycles. The molecule has 0 unspecified atom stereocenters. The van der Waals surface area contributed by atoms with Crippen molar-refractivity contribution in [2.75, 3.05) is 20.6 Å². The topological polar surface area (TPSA) is 49.9 Å².